The molecule has 0 aromatic heterocycles. The first-order valence-corrected chi connectivity index (χ1v) is 6.45. The van der Waals surface area contributed by atoms with Gasteiger partial charge < -0.3 is 15.4 Å². The monoisotopic (exact) mass is 253 g/mol. The van der Waals surface area contributed by atoms with Crippen LogP contribution < -0.4 is 10.6 Å². The molecule has 18 heavy (non-hydrogen) atoms. The molecule has 0 saturated carbocycles. The normalized spacial score (nSPS) is 20.1. The number of terminal acetylenes is 1. The summed E-state index contributed by atoms with van der Waals surface area (Å²) in [5.41, 5.74) is 0. The van der Waals surface area contributed by atoms with E-state index in [1.54, 1.807) is 7.11 Å². The van der Waals surface area contributed by atoms with Gasteiger partial charge in [-0.15, -0.1) is 12.3 Å². The number of likely N-dealkylation sites (tertiary alicyclic amines) is 1. The van der Waals surface area contributed by atoms with Crippen molar-refractivity contribution in [2.45, 2.75) is 25.3 Å². The summed E-state index contributed by atoms with van der Waals surface area (Å²) < 4.78 is 5.07. The van der Waals surface area contributed by atoms with E-state index in [4.69, 9.17) is 11.2 Å². The fourth-order valence-electron chi connectivity index (χ4n) is 2.08. The molecule has 102 valence electrons. The number of piperidine rings is 1. The summed E-state index contributed by atoms with van der Waals surface area (Å²) in [6.45, 7) is 4.17. The lowest BCUT2D eigenvalue weighted by molar-refractivity contribution is 0.123. The highest BCUT2D eigenvalue weighted by Crippen LogP contribution is 2.09. The largest absolute Gasteiger partial charge is 0.383 e. The second kappa shape index (κ2) is 8.78. The number of amides is 2. The minimum Gasteiger partial charge on any atom is -0.383 e. The predicted molar refractivity (Wildman–Crippen MR) is 71.3 cm³/mol. The van der Waals surface area contributed by atoms with Gasteiger partial charge in [0.2, 0.25) is 0 Å². The summed E-state index contributed by atoms with van der Waals surface area (Å²) in [6.07, 6.45) is 7.83. The van der Waals surface area contributed by atoms with Crippen LogP contribution in [0.3, 0.4) is 0 Å². The fourth-order valence-corrected chi connectivity index (χ4v) is 2.08. The molecule has 2 amide bonds. The number of carbonyl (C=O) groups is 1. The summed E-state index contributed by atoms with van der Waals surface area (Å²) in [7, 11) is 1.71. The Morgan fingerprint density at radius 1 is 1.61 bits per heavy atom. The number of rotatable bonds is 6. The minimum absolute atomic E-state index is 0.121. The van der Waals surface area contributed by atoms with Gasteiger partial charge in [0.1, 0.15) is 0 Å². The third-order valence-electron chi connectivity index (χ3n) is 3.01. The Kier molecular flexibility index (Phi) is 7.23. The van der Waals surface area contributed by atoms with Crippen LogP contribution in [0.25, 0.3) is 0 Å². The zero-order chi connectivity index (χ0) is 13.2. The molecule has 0 aromatic carbocycles. The number of ether oxygens (including phenoxy) is 1. The summed E-state index contributed by atoms with van der Waals surface area (Å²) in [6, 6.07) is 0.102. The van der Waals surface area contributed by atoms with Crippen LogP contribution in [0, 0.1) is 12.3 Å². The van der Waals surface area contributed by atoms with Crippen LogP contribution in [-0.2, 0) is 4.74 Å². The molecule has 1 aliphatic heterocycles. The van der Waals surface area contributed by atoms with Gasteiger partial charge in [0.05, 0.1) is 6.61 Å². The van der Waals surface area contributed by atoms with E-state index in [0.717, 1.165) is 39.1 Å². The second-order valence-electron chi connectivity index (χ2n) is 4.49. The van der Waals surface area contributed by atoms with Gasteiger partial charge in [0, 0.05) is 39.2 Å². The Morgan fingerprint density at radius 2 is 2.44 bits per heavy atom. The Balaban J connectivity index is 2.20. The average Bonchev–Trinajstić information content (AvgIpc) is 2.37. The maximum atomic E-state index is 11.6. The van der Waals surface area contributed by atoms with E-state index >= 15 is 0 Å². The van der Waals surface area contributed by atoms with Gasteiger partial charge in [-0.25, -0.2) is 4.79 Å². The van der Waals surface area contributed by atoms with Crippen molar-refractivity contribution >= 4 is 6.03 Å². The highest BCUT2D eigenvalue weighted by Gasteiger charge is 2.20. The van der Waals surface area contributed by atoms with Crippen LogP contribution in [0.15, 0.2) is 0 Å². The first kappa shape index (κ1) is 14.8. The van der Waals surface area contributed by atoms with Gasteiger partial charge in [-0.05, 0) is 19.4 Å². The molecule has 2 N–H and O–H groups in total. The van der Waals surface area contributed by atoms with Crippen molar-refractivity contribution in [1.29, 1.82) is 0 Å². The number of hydrogen-bond donors (Lipinski definition) is 2. The molecule has 1 aliphatic rings. The van der Waals surface area contributed by atoms with E-state index in [9.17, 15) is 4.79 Å². The first-order valence-electron chi connectivity index (χ1n) is 6.45. The Bertz CT molecular complexity index is 288. The Labute approximate surface area is 109 Å². The van der Waals surface area contributed by atoms with Gasteiger partial charge in [0.15, 0.2) is 0 Å². The molecule has 0 aliphatic carbocycles. The van der Waals surface area contributed by atoms with Gasteiger partial charge in [-0.1, -0.05) is 0 Å². The number of methoxy groups -OCH3 is 1. The SMILES string of the molecule is C#CCCNC(=O)N[C@@H]1CCCN(CCOC)C1. The molecule has 0 bridgehead atoms. The van der Waals surface area contributed by atoms with Gasteiger partial charge in [-0.2, -0.15) is 0 Å². The van der Waals surface area contributed by atoms with Crippen molar-refractivity contribution < 1.29 is 9.53 Å². The molecule has 1 rings (SSSR count). The Hall–Kier alpha value is -1.25. The van der Waals surface area contributed by atoms with Crippen molar-refractivity contribution in [3.05, 3.63) is 0 Å². The fraction of sp³-hybridized carbons (Fsp3) is 0.769. The molecule has 1 heterocycles. The summed E-state index contributed by atoms with van der Waals surface area (Å²) in [4.78, 5) is 13.9. The van der Waals surface area contributed by atoms with Gasteiger partial charge in [-0.3, -0.25) is 4.90 Å². The van der Waals surface area contributed by atoms with Gasteiger partial charge >= 0.3 is 6.03 Å². The highest BCUT2D eigenvalue weighted by molar-refractivity contribution is 5.74. The third kappa shape index (κ3) is 5.89. The van der Waals surface area contributed by atoms with E-state index in [0.29, 0.717) is 13.0 Å². The topological polar surface area (TPSA) is 53.6 Å². The highest BCUT2D eigenvalue weighted by atomic mass is 16.5. The molecular weight excluding hydrogens is 230 g/mol. The molecule has 0 spiro atoms. The number of carbonyl (C=O) groups excluding carboxylic acids is 1. The van der Waals surface area contributed by atoms with Crippen LogP contribution in [0.2, 0.25) is 0 Å². The van der Waals surface area contributed by atoms with E-state index in [-0.39, 0.29) is 12.1 Å². The molecule has 1 fully saturated rings. The molecule has 1 atom stereocenters. The second-order valence-corrected chi connectivity index (χ2v) is 4.49. The molecule has 0 unspecified atom stereocenters. The van der Waals surface area contributed by atoms with Gasteiger partial charge in [0.25, 0.3) is 0 Å². The van der Waals surface area contributed by atoms with E-state index < -0.39 is 0 Å². The van der Waals surface area contributed by atoms with Crippen LogP contribution in [-0.4, -0.2) is 56.9 Å². The quantitative estimate of drug-likeness (QED) is 0.533. The van der Waals surface area contributed by atoms with Crippen LogP contribution >= 0.6 is 0 Å². The molecule has 0 aromatic rings. The van der Waals surface area contributed by atoms with E-state index in [1.807, 2.05) is 0 Å². The first-order chi connectivity index (χ1) is 8.76. The summed E-state index contributed by atoms with van der Waals surface area (Å²) in [5, 5.41) is 5.74. The predicted octanol–water partition coefficient (Wildman–Crippen LogP) is 0.420. The van der Waals surface area contributed by atoms with Crippen LogP contribution in [0.4, 0.5) is 4.79 Å². The van der Waals surface area contributed by atoms with E-state index in [2.05, 4.69) is 21.5 Å². The number of urea groups is 1. The zero-order valence-corrected chi connectivity index (χ0v) is 11.1. The van der Waals surface area contributed by atoms with E-state index in [1.165, 1.54) is 0 Å². The zero-order valence-electron chi connectivity index (χ0n) is 11.1. The van der Waals surface area contributed by atoms with Crippen LogP contribution in [0.1, 0.15) is 19.3 Å². The molecule has 0 radical (unpaired) electrons. The standard InChI is InChI=1S/C13H23N3O2/c1-3-4-7-14-13(17)15-12-6-5-8-16(11-12)9-10-18-2/h1,12H,4-11H2,2H3,(H2,14,15,17)/t12-/m1/s1. The maximum Gasteiger partial charge on any atom is 0.315 e. The van der Waals surface area contributed by atoms with Crippen molar-refractivity contribution in [3.63, 3.8) is 0 Å². The van der Waals surface area contributed by atoms with Crippen LogP contribution in [0.5, 0.6) is 0 Å². The number of nitrogens with zero attached hydrogens (tertiary/aromatic N) is 1. The average molecular weight is 253 g/mol. The van der Waals surface area contributed by atoms with Crippen molar-refractivity contribution in [1.82, 2.24) is 15.5 Å². The lowest BCUT2D eigenvalue weighted by Gasteiger charge is -2.32. The van der Waals surface area contributed by atoms with Crippen molar-refractivity contribution in [2.24, 2.45) is 0 Å². The number of nitrogens with one attached hydrogen (secondary N) is 2. The lowest BCUT2D eigenvalue weighted by atomic mass is 10.1. The maximum absolute atomic E-state index is 11.6. The summed E-state index contributed by atoms with van der Waals surface area (Å²) >= 11 is 0. The summed E-state index contributed by atoms with van der Waals surface area (Å²) in [5.74, 6) is 2.49. The Morgan fingerprint density at radius 3 is 3.17 bits per heavy atom. The molecule has 1 saturated heterocycles. The number of hydrogen-bond acceptors (Lipinski definition) is 3. The molecule has 5 nitrogen and oxygen atoms in total. The van der Waals surface area contributed by atoms with Crippen molar-refractivity contribution in [3.8, 4) is 12.3 Å². The lowest BCUT2D eigenvalue weighted by Crippen LogP contribution is -2.51. The van der Waals surface area contributed by atoms with Crippen molar-refractivity contribution in [2.75, 3.05) is 39.9 Å². The minimum atomic E-state index is -0.121. The smallest absolute Gasteiger partial charge is 0.315 e. The third-order valence-corrected chi connectivity index (χ3v) is 3.01. The molecule has 5 heteroatoms. The molecular formula is C13H23N3O2.